The van der Waals surface area contributed by atoms with Crippen LogP contribution in [-0.2, 0) is 9.53 Å². The van der Waals surface area contributed by atoms with E-state index in [1.807, 2.05) is 31.2 Å². The Labute approximate surface area is 170 Å². The van der Waals surface area contributed by atoms with E-state index >= 15 is 0 Å². The normalized spacial score (nSPS) is 11.8. The molecule has 0 aromatic heterocycles. The van der Waals surface area contributed by atoms with Crippen LogP contribution in [0.5, 0.6) is 5.75 Å². The Hall–Kier alpha value is -2.29. The van der Waals surface area contributed by atoms with Crippen LogP contribution in [0.15, 0.2) is 48.5 Å². The molecule has 0 radical (unpaired) electrons. The average molecular weight is 383 g/mol. The number of carbonyl (C=O) groups is 1. The zero-order chi connectivity index (χ0) is 20.2. The van der Waals surface area contributed by atoms with Crippen LogP contribution >= 0.6 is 0 Å². The van der Waals surface area contributed by atoms with E-state index in [1.54, 1.807) is 0 Å². The lowest BCUT2D eigenvalue weighted by atomic mass is 10.0. The molecule has 0 amide bonds. The summed E-state index contributed by atoms with van der Waals surface area (Å²) >= 11 is 0. The molecule has 0 aliphatic rings. The molecule has 152 valence electrons. The molecule has 3 nitrogen and oxygen atoms in total. The molecule has 0 heterocycles. The van der Waals surface area contributed by atoms with Crippen molar-refractivity contribution in [3.63, 3.8) is 0 Å². The smallest absolute Gasteiger partial charge is 0.306 e. The Morgan fingerprint density at radius 3 is 2.04 bits per heavy atom. The number of unbranched alkanes of at least 4 members (excludes halogenated alkanes) is 4. The van der Waals surface area contributed by atoms with Gasteiger partial charge >= 0.3 is 5.97 Å². The van der Waals surface area contributed by atoms with Crippen LogP contribution in [0.2, 0.25) is 0 Å². The average Bonchev–Trinajstić information content (AvgIpc) is 2.72. The number of ether oxygens (including phenoxy) is 2. The minimum atomic E-state index is -0.220. The second-order valence-electron chi connectivity index (χ2n) is 7.29. The van der Waals surface area contributed by atoms with Crippen LogP contribution in [-0.4, -0.2) is 12.6 Å². The van der Waals surface area contributed by atoms with Crippen LogP contribution in [0.4, 0.5) is 0 Å². The van der Waals surface area contributed by atoms with Crippen molar-refractivity contribution in [1.82, 2.24) is 0 Å². The maximum absolute atomic E-state index is 12.0. The molecule has 2 aromatic rings. The third-order valence-electron chi connectivity index (χ3n) is 4.88. The third kappa shape index (κ3) is 7.38. The number of hydrogen-bond acceptors (Lipinski definition) is 3. The fraction of sp³-hybridized carbons (Fsp3) is 0.480. The predicted molar refractivity (Wildman–Crippen MR) is 116 cm³/mol. The summed E-state index contributed by atoms with van der Waals surface area (Å²) in [7, 11) is 0. The summed E-state index contributed by atoms with van der Waals surface area (Å²) in [4.78, 5) is 12.0. The number of hydrogen-bond donors (Lipinski definition) is 0. The first kappa shape index (κ1) is 22.0. The Kier molecular flexibility index (Phi) is 9.61. The molecule has 0 aliphatic carbocycles. The fourth-order valence-corrected chi connectivity index (χ4v) is 3.04. The first-order valence-corrected chi connectivity index (χ1v) is 10.7. The summed E-state index contributed by atoms with van der Waals surface area (Å²) in [5.74, 6) is 0.805. The fourth-order valence-electron chi connectivity index (χ4n) is 3.04. The standard InChI is InChI=1S/C25H34O3/c1-4-6-8-9-10-25(26)28-20(3)21-11-13-22(14-12-21)23-15-17-24(18-16-23)27-19-7-5-2/h11-18,20H,4-10,19H2,1-3H3. The molecule has 0 bridgehead atoms. The molecule has 0 aliphatic heterocycles. The van der Waals surface area contributed by atoms with Crippen molar-refractivity contribution in [1.29, 1.82) is 0 Å². The summed E-state index contributed by atoms with van der Waals surface area (Å²) in [5.41, 5.74) is 3.31. The Morgan fingerprint density at radius 1 is 0.821 bits per heavy atom. The van der Waals surface area contributed by atoms with E-state index in [2.05, 4.69) is 38.1 Å². The topological polar surface area (TPSA) is 35.5 Å². The van der Waals surface area contributed by atoms with Crippen molar-refractivity contribution in [3.05, 3.63) is 54.1 Å². The van der Waals surface area contributed by atoms with E-state index in [1.165, 1.54) is 12.8 Å². The molecular weight excluding hydrogens is 348 g/mol. The molecule has 28 heavy (non-hydrogen) atoms. The highest BCUT2D eigenvalue weighted by Crippen LogP contribution is 2.25. The molecule has 0 N–H and O–H groups in total. The molecule has 0 spiro atoms. The molecule has 2 rings (SSSR count). The summed E-state index contributed by atoms with van der Waals surface area (Å²) in [6.45, 7) is 7.02. The molecule has 2 aromatic carbocycles. The second-order valence-corrected chi connectivity index (χ2v) is 7.29. The predicted octanol–water partition coefficient (Wildman–Crippen LogP) is 7.11. The van der Waals surface area contributed by atoms with Gasteiger partial charge in [-0.1, -0.05) is 75.9 Å². The monoisotopic (exact) mass is 382 g/mol. The summed E-state index contributed by atoms with van der Waals surface area (Å²) in [6, 6.07) is 16.4. The van der Waals surface area contributed by atoms with Gasteiger partial charge in [-0.3, -0.25) is 4.79 Å². The Bertz CT molecular complexity index is 689. The zero-order valence-electron chi connectivity index (χ0n) is 17.6. The van der Waals surface area contributed by atoms with Gasteiger partial charge in [0.15, 0.2) is 0 Å². The first-order chi connectivity index (χ1) is 13.6. The highest BCUT2D eigenvalue weighted by molar-refractivity contribution is 5.69. The van der Waals surface area contributed by atoms with Crippen LogP contribution in [0.1, 0.15) is 77.4 Å². The zero-order valence-corrected chi connectivity index (χ0v) is 17.6. The van der Waals surface area contributed by atoms with Crippen LogP contribution in [0.3, 0.4) is 0 Å². The second kappa shape index (κ2) is 12.2. The van der Waals surface area contributed by atoms with Gasteiger partial charge in [0, 0.05) is 6.42 Å². The van der Waals surface area contributed by atoms with Gasteiger partial charge in [0.2, 0.25) is 0 Å². The quantitative estimate of drug-likeness (QED) is 0.290. The van der Waals surface area contributed by atoms with E-state index in [-0.39, 0.29) is 12.1 Å². The third-order valence-corrected chi connectivity index (χ3v) is 4.88. The first-order valence-electron chi connectivity index (χ1n) is 10.7. The van der Waals surface area contributed by atoms with Crippen molar-refractivity contribution >= 4 is 5.97 Å². The van der Waals surface area contributed by atoms with Crippen molar-refractivity contribution in [2.24, 2.45) is 0 Å². The highest BCUT2D eigenvalue weighted by atomic mass is 16.5. The number of carbonyl (C=O) groups excluding carboxylic acids is 1. The van der Waals surface area contributed by atoms with Crippen LogP contribution in [0.25, 0.3) is 11.1 Å². The van der Waals surface area contributed by atoms with Crippen molar-refractivity contribution in [2.75, 3.05) is 6.61 Å². The minimum absolute atomic E-state index is 0.105. The van der Waals surface area contributed by atoms with Gasteiger partial charge < -0.3 is 9.47 Å². The van der Waals surface area contributed by atoms with Gasteiger partial charge in [-0.05, 0) is 48.6 Å². The lowest BCUT2D eigenvalue weighted by Crippen LogP contribution is -2.08. The molecule has 0 fully saturated rings. The van der Waals surface area contributed by atoms with Gasteiger partial charge in [0.05, 0.1) is 6.61 Å². The van der Waals surface area contributed by atoms with Gasteiger partial charge in [-0.15, -0.1) is 0 Å². The summed E-state index contributed by atoms with van der Waals surface area (Å²) in [5, 5.41) is 0. The van der Waals surface area contributed by atoms with Crippen LogP contribution < -0.4 is 4.74 Å². The molecular formula is C25H34O3. The lowest BCUT2D eigenvalue weighted by molar-refractivity contribution is -0.148. The van der Waals surface area contributed by atoms with E-state index in [0.29, 0.717) is 6.42 Å². The Balaban J connectivity index is 1.87. The van der Waals surface area contributed by atoms with E-state index in [0.717, 1.165) is 54.7 Å². The molecule has 1 unspecified atom stereocenters. The summed E-state index contributed by atoms with van der Waals surface area (Å²) < 4.78 is 11.3. The summed E-state index contributed by atoms with van der Waals surface area (Å²) in [6.07, 6.45) is 6.86. The minimum Gasteiger partial charge on any atom is -0.494 e. The van der Waals surface area contributed by atoms with E-state index < -0.39 is 0 Å². The number of benzene rings is 2. The van der Waals surface area contributed by atoms with Gasteiger partial charge in [-0.25, -0.2) is 0 Å². The lowest BCUT2D eigenvalue weighted by Gasteiger charge is -2.14. The van der Waals surface area contributed by atoms with E-state index in [4.69, 9.17) is 9.47 Å². The number of esters is 1. The maximum Gasteiger partial charge on any atom is 0.306 e. The van der Waals surface area contributed by atoms with Crippen molar-refractivity contribution in [2.45, 2.75) is 71.8 Å². The van der Waals surface area contributed by atoms with Crippen molar-refractivity contribution in [3.8, 4) is 16.9 Å². The van der Waals surface area contributed by atoms with Crippen LogP contribution in [0, 0.1) is 0 Å². The van der Waals surface area contributed by atoms with Gasteiger partial charge in [-0.2, -0.15) is 0 Å². The molecule has 1 atom stereocenters. The van der Waals surface area contributed by atoms with Crippen molar-refractivity contribution < 1.29 is 14.3 Å². The van der Waals surface area contributed by atoms with Gasteiger partial charge in [0.1, 0.15) is 11.9 Å². The van der Waals surface area contributed by atoms with E-state index in [9.17, 15) is 4.79 Å². The number of rotatable bonds is 12. The molecule has 0 saturated heterocycles. The highest BCUT2D eigenvalue weighted by Gasteiger charge is 2.11. The molecule has 0 saturated carbocycles. The molecule has 3 heteroatoms. The largest absolute Gasteiger partial charge is 0.494 e. The Morgan fingerprint density at radius 2 is 1.43 bits per heavy atom. The van der Waals surface area contributed by atoms with Gasteiger partial charge in [0.25, 0.3) is 0 Å². The SMILES string of the molecule is CCCCCCC(=O)OC(C)c1ccc(-c2ccc(OCCCC)cc2)cc1. The maximum atomic E-state index is 12.0.